The van der Waals surface area contributed by atoms with Crippen molar-refractivity contribution >= 4 is 0 Å². The van der Waals surface area contributed by atoms with Crippen molar-refractivity contribution in [2.45, 2.75) is 25.5 Å². The third-order valence-corrected chi connectivity index (χ3v) is 2.16. The highest BCUT2D eigenvalue weighted by Crippen LogP contribution is 2.19. The number of rotatable bonds is 3. The zero-order valence-corrected chi connectivity index (χ0v) is 7.87. The second-order valence-electron chi connectivity index (χ2n) is 3.19. The topological polar surface area (TPSA) is 46.2 Å². The fourth-order valence-corrected chi connectivity index (χ4v) is 1.17. The van der Waals surface area contributed by atoms with Crippen molar-refractivity contribution in [2.24, 2.45) is 5.73 Å². The van der Waals surface area contributed by atoms with E-state index in [-0.39, 0.29) is 0 Å². The van der Waals surface area contributed by atoms with Crippen LogP contribution in [0.3, 0.4) is 0 Å². The molecule has 0 radical (unpaired) electrons. The molecule has 4 heteroatoms. The monoisotopic (exact) mass is 201 g/mol. The van der Waals surface area contributed by atoms with E-state index in [0.717, 1.165) is 12.1 Å². The maximum Gasteiger partial charge on any atom is 0.159 e. The molecule has 0 amide bonds. The molecule has 1 rings (SSSR count). The van der Waals surface area contributed by atoms with Gasteiger partial charge in [0.2, 0.25) is 0 Å². The van der Waals surface area contributed by atoms with Crippen molar-refractivity contribution in [3.8, 4) is 0 Å². The molecule has 0 unspecified atom stereocenters. The predicted molar refractivity (Wildman–Crippen MR) is 49.6 cm³/mol. The van der Waals surface area contributed by atoms with Crippen molar-refractivity contribution in [1.29, 1.82) is 0 Å². The number of aliphatic hydroxyl groups is 1. The zero-order chi connectivity index (χ0) is 10.7. The van der Waals surface area contributed by atoms with Gasteiger partial charge >= 0.3 is 0 Å². The van der Waals surface area contributed by atoms with Crippen LogP contribution in [0.5, 0.6) is 0 Å². The zero-order valence-electron chi connectivity index (χ0n) is 7.87. The molecule has 1 aromatic rings. The number of hydrogen-bond donors (Lipinski definition) is 2. The van der Waals surface area contributed by atoms with Gasteiger partial charge in [0.1, 0.15) is 0 Å². The van der Waals surface area contributed by atoms with Gasteiger partial charge in [0.05, 0.1) is 6.10 Å². The highest BCUT2D eigenvalue weighted by Gasteiger charge is 2.16. The van der Waals surface area contributed by atoms with Crippen LogP contribution in [0.4, 0.5) is 8.78 Å². The summed E-state index contributed by atoms with van der Waals surface area (Å²) < 4.78 is 25.3. The Labute approximate surface area is 81.4 Å². The van der Waals surface area contributed by atoms with Gasteiger partial charge in [-0.25, -0.2) is 8.78 Å². The van der Waals surface area contributed by atoms with Crippen LogP contribution in [0.1, 0.15) is 25.0 Å². The first kappa shape index (κ1) is 11.1. The second-order valence-corrected chi connectivity index (χ2v) is 3.19. The number of benzene rings is 1. The Morgan fingerprint density at radius 3 is 2.50 bits per heavy atom. The van der Waals surface area contributed by atoms with E-state index in [4.69, 9.17) is 5.73 Å². The molecule has 0 heterocycles. The van der Waals surface area contributed by atoms with Gasteiger partial charge in [0.15, 0.2) is 11.6 Å². The molecule has 0 fully saturated rings. The van der Waals surface area contributed by atoms with Gasteiger partial charge < -0.3 is 10.8 Å². The van der Waals surface area contributed by atoms with E-state index in [9.17, 15) is 13.9 Å². The smallest absolute Gasteiger partial charge is 0.159 e. The first-order chi connectivity index (χ1) is 6.56. The standard InChI is InChI=1S/C10H13F2NO/c1-2-9(13)10(14)6-3-4-7(11)8(12)5-6/h3-5,9-10,14H,2,13H2,1H3/t9-,10+/m1/s1. The summed E-state index contributed by atoms with van der Waals surface area (Å²) in [5.74, 6) is -1.89. The molecule has 0 aliphatic heterocycles. The van der Waals surface area contributed by atoms with Gasteiger partial charge in [-0.05, 0) is 24.1 Å². The van der Waals surface area contributed by atoms with Crippen molar-refractivity contribution in [2.75, 3.05) is 0 Å². The Balaban J connectivity index is 2.91. The summed E-state index contributed by atoms with van der Waals surface area (Å²) >= 11 is 0. The summed E-state index contributed by atoms with van der Waals surface area (Å²) in [5.41, 5.74) is 5.87. The maximum absolute atomic E-state index is 12.8. The van der Waals surface area contributed by atoms with Crippen LogP contribution in [0.25, 0.3) is 0 Å². The molecule has 0 aromatic heterocycles. The van der Waals surface area contributed by atoms with Gasteiger partial charge in [0, 0.05) is 6.04 Å². The van der Waals surface area contributed by atoms with Gasteiger partial charge in [-0.2, -0.15) is 0 Å². The summed E-state index contributed by atoms with van der Waals surface area (Å²) in [4.78, 5) is 0. The summed E-state index contributed by atoms with van der Waals surface area (Å²) in [6, 6.07) is 2.82. The van der Waals surface area contributed by atoms with Crippen LogP contribution >= 0.6 is 0 Å². The highest BCUT2D eigenvalue weighted by molar-refractivity contribution is 5.21. The first-order valence-corrected chi connectivity index (χ1v) is 4.44. The molecule has 3 N–H and O–H groups in total. The molecule has 0 saturated heterocycles. The van der Waals surface area contributed by atoms with Gasteiger partial charge in [-0.1, -0.05) is 13.0 Å². The lowest BCUT2D eigenvalue weighted by molar-refractivity contribution is 0.144. The largest absolute Gasteiger partial charge is 0.387 e. The lowest BCUT2D eigenvalue weighted by atomic mass is 10.0. The van der Waals surface area contributed by atoms with Gasteiger partial charge in [-0.3, -0.25) is 0 Å². The molecule has 0 aliphatic rings. The Kier molecular flexibility index (Phi) is 3.55. The fourth-order valence-electron chi connectivity index (χ4n) is 1.17. The van der Waals surface area contributed by atoms with E-state index in [1.807, 2.05) is 6.92 Å². The first-order valence-electron chi connectivity index (χ1n) is 4.44. The molecule has 14 heavy (non-hydrogen) atoms. The third-order valence-electron chi connectivity index (χ3n) is 2.16. The van der Waals surface area contributed by atoms with Crippen molar-refractivity contribution in [3.05, 3.63) is 35.4 Å². The van der Waals surface area contributed by atoms with Crippen LogP contribution in [-0.2, 0) is 0 Å². The van der Waals surface area contributed by atoms with Crippen LogP contribution < -0.4 is 5.73 Å². The molecule has 2 nitrogen and oxygen atoms in total. The molecule has 78 valence electrons. The normalized spacial score (nSPS) is 15.2. The SMILES string of the molecule is CC[C@@H](N)[C@@H](O)c1ccc(F)c(F)c1. The Morgan fingerprint density at radius 2 is 2.00 bits per heavy atom. The van der Waals surface area contributed by atoms with Gasteiger partial charge in [0.25, 0.3) is 0 Å². The number of nitrogens with two attached hydrogens (primary N) is 1. The molecular weight excluding hydrogens is 188 g/mol. The molecular formula is C10H13F2NO. The quantitative estimate of drug-likeness (QED) is 0.782. The van der Waals surface area contributed by atoms with Crippen molar-refractivity contribution in [3.63, 3.8) is 0 Å². The minimum atomic E-state index is -0.968. The van der Waals surface area contributed by atoms with Crippen LogP contribution in [0.2, 0.25) is 0 Å². The predicted octanol–water partition coefficient (Wildman–Crippen LogP) is 1.74. The molecule has 0 spiro atoms. The van der Waals surface area contributed by atoms with Gasteiger partial charge in [-0.15, -0.1) is 0 Å². The molecule has 0 aliphatic carbocycles. The van der Waals surface area contributed by atoms with Crippen LogP contribution in [0.15, 0.2) is 18.2 Å². The molecule has 2 atom stereocenters. The average Bonchev–Trinajstić information content (AvgIpc) is 2.20. The third kappa shape index (κ3) is 2.27. The van der Waals surface area contributed by atoms with E-state index in [2.05, 4.69) is 0 Å². The second kappa shape index (κ2) is 4.48. The van der Waals surface area contributed by atoms with E-state index in [1.54, 1.807) is 0 Å². The maximum atomic E-state index is 12.8. The van der Waals surface area contributed by atoms with E-state index in [1.165, 1.54) is 6.07 Å². The Hall–Kier alpha value is -1.00. The lowest BCUT2D eigenvalue weighted by Gasteiger charge is -2.17. The molecule has 0 bridgehead atoms. The summed E-state index contributed by atoms with van der Waals surface area (Å²) in [6.07, 6.45) is -0.379. The van der Waals surface area contributed by atoms with Crippen LogP contribution in [-0.4, -0.2) is 11.1 Å². The van der Waals surface area contributed by atoms with Crippen molar-refractivity contribution in [1.82, 2.24) is 0 Å². The summed E-state index contributed by atoms with van der Waals surface area (Å²) in [6.45, 7) is 1.81. The highest BCUT2D eigenvalue weighted by atomic mass is 19.2. The van der Waals surface area contributed by atoms with Crippen molar-refractivity contribution < 1.29 is 13.9 Å². The van der Waals surface area contributed by atoms with E-state index >= 15 is 0 Å². The van der Waals surface area contributed by atoms with E-state index < -0.39 is 23.8 Å². The number of hydrogen-bond acceptors (Lipinski definition) is 2. The lowest BCUT2D eigenvalue weighted by Crippen LogP contribution is -2.27. The average molecular weight is 201 g/mol. The minimum Gasteiger partial charge on any atom is -0.387 e. The Bertz CT molecular complexity index is 317. The number of aliphatic hydroxyl groups excluding tert-OH is 1. The summed E-state index contributed by atoms with van der Waals surface area (Å²) in [5, 5.41) is 9.59. The molecule has 0 saturated carbocycles. The molecule has 1 aromatic carbocycles. The Morgan fingerprint density at radius 1 is 1.36 bits per heavy atom. The minimum absolute atomic E-state index is 0.304. The number of halogens is 2. The van der Waals surface area contributed by atoms with E-state index in [0.29, 0.717) is 12.0 Å². The fraction of sp³-hybridized carbons (Fsp3) is 0.400. The summed E-state index contributed by atoms with van der Waals surface area (Å²) in [7, 11) is 0. The van der Waals surface area contributed by atoms with Crippen LogP contribution in [0, 0.1) is 11.6 Å².